The van der Waals surface area contributed by atoms with Crippen LogP contribution in [0, 0.1) is 0 Å². The first-order chi connectivity index (χ1) is 6.77. The average Bonchev–Trinajstić information content (AvgIpc) is 2.21. The number of allylic oxidation sites excluding steroid dienone is 1. The second-order valence-corrected chi connectivity index (χ2v) is 3.78. The Morgan fingerprint density at radius 2 is 2.21 bits per heavy atom. The van der Waals surface area contributed by atoms with Gasteiger partial charge in [-0.15, -0.1) is 0 Å². The Labute approximate surface area is 94.8 Å². The largest absolute Gasteiger partial charge is 0.392 e. The zero-order valence-corrected chi connectivity index (χ0v) is 9.43. The summed E-state index contributed by atoms with van der Waals surface area (Å²) in [6.45, 7) is -0.0208. The lowest BCUT2D eigenvalue weighted by atomic mass is 10.1. The maximum Gasteiger partial charge on any atom is 0.0696 e. The molecule has 0 bridgehead atoms. The summed E-state index contributed by atoms with van der Waals surface area (Å²) in [4.78, 5) is 0. The molecule has 0 radical (unpaired) electrons. The molecule has 76 valence electrons. The van der Waals surface area contributed by atoms with Crippen LogP contribution in [0.25, 0.3) is 6.08 Å². The normalized spacial score (nSPS) is 11.1. The second-order valence-electron chi connectivity index (χ2n) is 2.92. The molecule has 1 nitrogen and oxygen atoms in total. The summed E-state index contributed by atoms with van der Waals surface area (Å²) in [5.41, 5.74) is 1.82. The number of aliphatic hydroxyl groups is 1. The molecule has 0 aliphatic heterocycles. The van der Waals surface area contributed by atoms with Crippen LogP contribution < -0.4 is 0 Å². The van der Waals surface area contributed by atoms with E-state index in [9.17, 15) is 0 Å². The van der Waals surface area contributed by atoms with Crippen molar-refractivity contribution in [2.45, 2.75) is 13.0 Å². The summed E-state index contributed by atoms with van der Waals surface area (Å²) in [6.07, 6.45) is 5.00. The molecule has 0 unspecified atom stereocenters. The lowest BCUT2D eigenvalue weighted by Gasteiger charge is -2.01. The number of hydrogen-bond donors (Lipinski definition) is 2. The van der Waals surface area contributed by atoms with Crippen LogP contribution in [0.3, 0.4) is 0 Å². The molecule has 1 rings (SSSR count). The topological polar surface area (TPSA) is 20.2 Å². The van der Waals surface area contributed by atoms with Gasteiger partial charge in [-0.3, -0.25) is 0 Å². The predicted octanol–water partition coefficient (Wildman–Crippen LogP) is 3.17. The van der Waals surface area contributed by atoms with Crippen molar-refractivity contribution in [3.05, 3.63) is 40.4 Å². The quantitative estimate of drug-likeness (QED) is 0.759. The van der Waals surface area contributed by atoms with E-state index in [2.05, 4.69) is 18.7 Å². The van der Waals surface area contributed by atoms with Crippen LogP contribution in [0.2, 0.25) is 5.02 Å². The minimum absolute atomic E-state index is 0.0208. The molecular formula is C11H13ClOS. The molecule has 0 aromatic heterocycles. The van der Waals surface area contributed by atoms with E-state index in [-0.39, 0.29) is 6.61 Å². The fourth-order valence-corrected chi connectivity index (χ4v) is 1.44. The van der Waals surface area contributed by atoms with Gasteiger partial charge in [0.05, 0.1) is 6.61 Å². The highest BCUT2D eigenvalue weighted by Gasteiger charge is 1.98. The van der Waals surface area contributed by atoms with E-state index in [1.807, 2.05) is 18.2 Å². The third-order valence-electron chi connectivity index (χ3n) is 1.85. The van der Waals surface area contributed by atoms with E-state index in [0.717, 1.165) is 23.3 Å². The van der Waals surface area contributed by atoms with Crippen LogP contribution in [0.15, 0.2) is 24.3 Å². The third kappa shape index (κ3) is 3.37. The molecule has 1 aromatic rings. The van der Waals surface area contributed by atoms with Crippen molar-refractivity contribution in [3.8, 4) is 0 Å². The van der Waals surface area contributed by atoms with Gasteiger partial charge in [0.1, 0.15) is 0 Å². The molecule has 0 heterocycles. The smallest absolute Gasteiger partial charge is 0.0696 e. The molecule has 0 atom stereocenters. The van der Waals surface area contributed by atoms with Crippen LogP contribution in [-0.2, 0) is 6.61 Å². The number of thiol groups is 1. The summed E-state index contributed by atoms with van der Waals surface area (Å²) in [5.74, 6) is 0.844. The molecule has 1 N–H and O–H groups in total. The minimum atomic E-state index is -0.0208. The Morgan fingerprint density at radius 1 is 1.43 bits per heavy atom. The number of rotatable bonds is 4. The van der Waals surface area contributed by atoms with E-state index in [1.165, 1.54) is 0 Å². The number of halogens is 1. The van der Waals surface area contributed by atoms with Gasteiger partial charge in [-0.05, 0) is 35.4 Å². The van der Waals surface area contributed by atoms with E-state index in [1.54, 1.807) is 6.07 Å². The first kappa shape index (κ1) is 11.6. The Morgan fingerprint density at radius 3 is 2.86 bits per heavy atom. The molecule has 0 spiro atoms. The van der Waals surface area contributed by atoms with E-state index in [0.29, 0.717) is 5.02 Å². The van der Waals surface area contributed by atoms with Gasteiger partial charge in [-0.2, -0.15) is 12.6 Å². The van der Waals surface area contributed by atoms with Crippen molar-refractivity contribution in [1.82, 2.24) is 0 Å². The summed E-state index contributed by atoms with van der Waals surface area (Å²) >= 11 is 9.97. The van der Waals surface area contributed by atoms with Crippen molar-refractivity contribution in [3.63, 3.8) is 0 Å². The first-order valence-electron chi connectivity index (χ1n) is 4.44. The third-order valence-corrected chi connectivity index (χ3v) is 2.47. The van der Waals surface area contributed by atoms with Gasteiger partial charge in [0.2, 0.25) is 0 Å². The molecule has 0 saturated carbocycles. The molecule has 1 aromatic carbocycles. The van der Waals surface area contributed by atoms with Crippen LogP contribution in [0.4, 0.5) is 0 Å². The molecule has 0 amide bonds. The first-order valence-corrected chi connectivity index (χ1v) is 5.45. The monoisotopic (exact) mass is 228 g/mol. The highest BCUT2D eigenvalue weighted by atomic mass is 35.5. The lowest BCUT2D eigenvalue weighted by molar-refractivity contribution is 0.282. The fraction of sp³-hybridized carbons (Fsp3) is 0.273. The van der Waals surface area contributed by atoms with E-state index in [4.69, 9.17) is 16.7 Å². The maximum atomic E-state index is 8.99. The molecule has 3 heteroatoms. The van der Waals surface area contributed by atoms with Crippen LogP contribution in [0.5, 0.6) is 0 Å². The molecule has 0 fully saturated rings. The van der Waals surface area contributed by atoms with Crippen molar-refractivity contribution in [2.24, 2.45) is 0 Å². The zero-order valence-electron chi connectivity index (χ0n) is 7.78. The highest BCUT2D eigenvalue weighted by molar-refractivity contribution is 7.80. The summed E-state index contributed by atoms with van der Waals surface area (Å²) in [5, 5.41) is 9.60. The van der Waals surface area contributed by atoms with Gasteiger partial charge >= 0.3 is 0 Å². The molecule has 0 aliphatic rings. The van der Waals surface area contributed by atoms with Crippen molar-refractivity contribution in [1.29, 1.82) is 0 Å². The Balaban J connectivity index is 2.79. The SMILES string of the molecule is OCc1cc(C=CCCS)ccc1Cl. The van der Waals surface area contributed by atoms with Gasteiger partial charge in [0.25, 0.3) is 0 Å². The maximum absolute atomic E-state index is 8.99. The van der Waals surface area contributed by atoms with Gasteiger partial charge in [-0.1, -0.05) is 29.8 Å². The average molecular weight is 229 g/mol. The van der Waals surface area contributed by atoms with E-state index < -0.39 is 0 Å². The summed E-state index contributed by atoms with van der Waals surface area (Å²) < 4.78 is 0. The van der Waals surface area contributed by atoms with Crippen LogP contribution >= 0.6 is 24.2 Å². The summed E-state index contributed by atoms with van der Waals surface area (Å²) in [7, 11) is 0. The standard InChI is InChI=1S/C11H13ClOS/c12-11-5-4-9(3-1-2-6-14)7-10(11)8-13/h1,3-5,7,13-14H,2,6,8H2. The Hall–Kier alpha value is -0.440. The molecular weight excluding hydrogens is 216 g/mol. The second kappa shape index (κ2) is 6.12. The van der Waals surface area contributed by atoms with Gasteiger partial charge < -0.3 is 5.11 Å². The van der Waals surface area contributed by atoms with E-state index >= 15 is 0 Å². The van der Waals surface area contributed by atoms with Crippen molar-refractivity contribution < 1.29 is 5.11 Å². The zero-order chi connectivity index (χ0) is 10.4. The molecule has 14 heavy (non-hydrogen) atoms. The van der Waals surface area contributed by atoms with Crippen molar-refractivity contribution >= 4 is 30.3 Å². The van der Waals surface area contributed by atoms with Gasteiger partial charge in [-0.25, -0.2) is 0 Å². The Bertz CT molecular complexity index is 323. The molecule has 0 saturated heterocycles. The van der Waals surface area contributed by atoms with Gasteiger partial charge in [0, 0.05) is 5.02 Å². The number of hydrogen-bond acceptors (Lipinski definition) is 2. The van der Waals surface area contributed by atoms with Crippen LogP contribution in [0.1, 0.15) is 17.5 Å². The number of aliphatic hydroxyl groups excluding tert-OH is 1. The minimum Gasteiger partial charge on any atom is -0.392 e. The lowest BCUT2D eigenvalue weighted by Crippen LogP contribution is -1.85. The van der Waals surface area contributed by atoms with Crippen LogP contribution in [-0.4, -0.2) is 10.9 Å². The van der Waals surface area contributed by atoms with Crippen molar-refractivity contribution in [2.75, 3.05) is 5.75 Å². The number of benzene rings is 1. The Kier molecular flexibility index (Phi) is 5.09. The predicted molar refractivity (Wildman–Crippen MR) is 64.9 cm³/mol. The highest BCUT2D eigenvalue weighted by Crippen LogP contribution is 2.18. The van der Waals surface area contributed by atoms with Gasteiger partial charge in [0.15, 0.2) is 0 Å². The molecule has 0 aliphatic carbocycles. The summed E-state index contributed by atoms with van der Waals surface area (Å²) in [6, 6.07) is 5.61. The fourth-order valence-electron chi connectivity index (χ4n) is 1.11.